The van der Waals surface area contributed by atoms with Gasteiger partial charge in [0.25, 0.3) is 5.69 Å². The predicted molar refractivity (Wildman–Crippen MR) is 152 cm³/mol. The molecule has 0 aliphatic rings. The van der Waals surface area contributed by atoms with Crippen LogP contribution >= 0.6 is 0 Å². The van der Waals surface area contributed by atoms with Gasteiger partial charge in [-0.15, -0.1) is 0 Å². The molecule has 2 aromatic heterocycles. The SMILES string of the molecule is O=C(c1ccccc1)c1ccc(-[n+]2ccc(-c3cc[n+](-c4cc(-c5ccccc5)ccc4O)cc3)cc2)cc1. The topological polar surface area (TPSA) is 45.1 Å². The molecule has 2 heterocycles. The number of phenols is 1. The van der Waals surface area contributed by atoms with E-state index in [0.717, 1.165) is 33.6 Å². The van der Waals surface area contributed by atoms with Gasteiger partial charge in [-0.05, 0) is 40.5 Å². The number of carbonyl (C=O) groups excluding carboxylic acids is 1. The summed E-state index contributed by atoms with van der Waals surface area (Å²) in [4.78, 5) is 12.7. The Morgan fingerprint density at radius 3 is 1.62 bits per heavy atom. The first-order valence-corrected chi connectivity index (χ1v) is 12.8. The molecular formula is C35H26N2O2+2. The zero-order valence-electron chi connectivity index (χ0n) is 21.2. The van der Waals surface area contributed by atoms with Crippen molar-refractivity contribution in [1.82, 2.24) is 0 Å². The van der Waals surface area contributed by atoms with Crippen molar-refractivity contribution in [3.8, 4) is 39.4 Å². The largest absolute Gasteiger partial charge is 0.502 e. The van der Waals surface area contributed by atoms with Crippen LogP contribution in [0, 0.1) is 0 Å². The number of carbonyl (C=O) groups is 1. The van der Waals surface area contributed by atoms with Crippen molar-refractivity contribution in [3.63, 3.8) is 0 Å². The second-order valence-corrected chi connectivity index (χ2v) is 9.30. The molecule has 0 saturated heterocycles. The Balaban J connectivity index is 1.20. The fraction of sp³-hybridized carbons (Fsp3) is 0. The van der Waals surface area contributed by atoms with Gasteiger partial charge in [0.15, 0.2) is 36.3 Å². The van der Waals surface area contributed by atoms with Crippen molar-refractivity contribution in [2.45, 2.75) is 0 Å². The molecule has 0 unspecified atom stereocenters. The molecule has 0 atom stereocenters. The van der Waals surface area contributed by atoms with E-state index in [0.29, 0.717) is 11.1 Å². The van der Waals surface area contributed by atoms with Crippen molar-refractivity contribution in [2.75, 3.05) is 0 Å². The third kappa shape index (κ3) is 5.09. The quantitative estimate of drug-likeness (QED) is 0.207. The van der Waals surface area contributed by atoms with Gasteiger partial charge in [-0.2, -0.15) is 9.13 Å². The molecule has 0 saturated carbocycles. The highest BCUT2D eigenvalue weighted by molar-refractivity contribution is 6.09. The maximum absolute atomic E-state index is 12.7. The summed E-state index contributed by atoms with van der Waals surface area (Å²) < 4.78 is 3.95. The Morgan fingerprint density at radius 1 is 0.487 bits per heavy atom. The number of phenolic OH excluding ortho intramolecular Hbond substituents is 1. The second-order valence-electron chi connectivity index (χ2n) is 9.30. The Morgan fingerprint density at radius 2 is 1.00 bits per heavy atom. The van der Waals surface area contributed by atoms with Crippen LogP contribution in [0.25, 0.3) is 33.6 Å². The summed E-state index contributed by atoms with van der Waals surface area (Å²) in [6, 6.07) is 41.0. The molecule has 0 bridgehead atoms. The average Bonchev–Trinajstić information content (AvgIpc) is 3.02. The van der Waals surface area contributed by atoms with E-state index < -0.39 is 0 Å². The zero-order chi connectivity index (χ0) is 26.6. The highest BCUT2D eigenvalue weighted by Crippen LogP contribution is 2.26. The van der Waals surface area contributed by atoms with E-state index in [1.165, 1.54) is 0 Å². The molecule has 186 valence electrons. The van der Waals surface area contributed by atoms with E-state index in [2.05, 4.69) is 24.3 Å². The number of rotatable bonds is 6. The summed E-state index contributed by atoms with van der Waals surface area (Å²) in [5.41, 5.74) is 7.35. The number of ketones is 1. The van der Waals surface area contributed by atoms with Crippen LogP contribution in [0.3, 0.4) is 0 Å². The maximum atomic E-state index is 12.7. The Bertz CT molecular complexity index is 1730. The summed E-state index contributed by atoms with van der Waals surface area (Å²) >= 11 is 0. The van der Waals surface area contributed by atoms with E-state index in [9.17, 15) is 9.90 Å². The summed E-state index contributed by atoms with van der Waals surface area (Å²) in [7, 11) is 0. The predicted octanol–water partition coefficient (Wildman–Crippen LogP) is 6.51. The van der Waals surface area contributed by atoms with Crippen LogP contribution in [0.15, 0.2) is 152 Å². The molecule has 4 heteroatoms. The van der Waals surface area contributed by atoms with Gasteiger partial charge in [-0.25, -0.2) is 0 Å². The number of hydrogen-bond donors (Lipinski definition) is 1. The number of aromatic hydroxyl groups is 1. The molecule has 39 heavy (non-hydrogen) atoms. The minimum atomic E-state index is 0.0175. The zero-order valence-corrected chi connectivity index (χ0v) is 21.2. The van der Waals surface area contributed by atoms with Gasteiger partial charge in [-0.3, -0.25) is 4.79 Å². The van der Waals surface area contributed by atoms with Crippen molar-refractivity contribution in [3.05, 3.63) is 163 Å². The molecule has 0 fully saturated rings. The van der Waals surface area contributed by atoms with Crippen LogP contribution in [0.2, 0.25) is 0 Å². The fourth-order valence-corrected chi connectivity index (χ4v) is 4.65. The molecule has 0 aliphatic heterocycles. The standard InChI is InChI=1S/C35H25N2O2/c38-34-16-13-31(26-7-3-1-4-8-26)25-33(34)37-23-19-28(20-24-37)27-17-21-36(22-18-27)32-14-11-30(12-15-32)35(39)29-9-5-2-6-10-29/h1-25H/q+1/p+1. The Labute approximate surface area is 227 Å². The van der Waals surface area contributed by atoms with E-state index >= 15 is 0 Å². The van der Waals surface area contributed by atoms with Gasteiger partial charge in [-0.1, -0.05) is 66.7 Å². The molecule has 0 aliphatic carbocycles. The van der Waals surface area contributed by atoms with Gasteiger partial charge in [0, 0.05) is 53.6 Å². The highest BCUT2D eigenvalue weighted by atomic mass is 16.3. The van der Waals surface area contributed by atoms with E-state index in [1.54, 1.807) is 6.07 Å². The molecule has 6 rings (SSSR count). The lowest BCUT2D eigenvalue weighted by Gasteiger charge is -2.05. The number of hydrogen-bond acceptors (Lipinski definition) is 2. The first-order valence-electron chi connectivity index (χ1n) is 12.8. The van der Waals surface area contributed by atoms with Crippen LogP contribution < -0.4 is 9.13 Å². The number of nitrogens with zero attached hydrogens (tertiary/aromatic N) is 2. The second kappa shape index (κ2) is 10.6. The maximum Gasteiger partial charge on any atom is 0.253 e. The third-order valence-electron chi connectivity index (χ3n) is 6.82. The monoisotopic (exact) mass is 506 g/mol. The van der Waals surface area contributed by atoms with Crippen LogP contribution in [-0.2, 0) is 0 Å². The Hall–Kier alpha value is -5.35. The van der Waals surface area contributed by atoms with Crippen molar-refractivity contribution < 1.29 is 19.0 Å². The fourth-order valence-electron chi connectivity index (χ4n) is 4.65. The lowest BCUT2D eigenvalue weighted by atomic mass is 10.0. The number of pyridine rings is 2. The van der Waals surface area contributed by atoms with Crippen LogP contribution in [0.1, 0.15) is 15.9 Å². The minimum Gasteiger partial charge on any atom is -0.502 e. The van der Waals surface area contributed by atoms with Gasteiger partial charge < -0.3 is 5.11 Å². The van der Waals surface area contributed by atoms with Gasteiger partial charge in [0.2, 0.25) is 5.69 Å². The molecule has 0 spiro atoms. The van der Waals surface area contributed by atoms with Crippen molar-refractivity contribution >= 4 is 5.78 Å². The third-order valence-corrected chi connectivity index (χ3v) is 6.82. The first kappa shape index (κ1) is 24.0. The van der Waals surface area contributed by atoms with Crippen LogP contribution in [0.4, 0.5) is 0 Å². The number of benzene rings is 4. The molecule has 4 aromatic carbocycles. The van der Waals surface area contributed by atoms with E-state index in [-0.39, 0.29) is 11.5 Å². The van der Waals surface area contributed by atoms with E-state index in [1.807, 2.05) is 131 Å². The lowest BCUT2D eigenvalue weighted by molar-refractivity contribution is -0.596. The summed E-state index contributed by atoms with van der Waals surface area (Å²) in [5.74, 6) is 0.244. The van der Waals surface area contributed by atoms with E-state index in [4.69, 9.17) is 0 Å². The Kier molecular flexibility index (Phi) is 6.50. The highest BCUT2D eigenvalue weighted by Gasteiger charge is 2.15. The molecular weight excluding hydrogens is 480 g/mol. The molecule has 4 nitrogen and oxygen atoms in total. The van der Waals surface area contributed by atoms with Gasteiger partial charge in [0.1, 0.15) is 0 Å². The van der Waals surface area contributed by atoms with Crippen molar-refractivity contribution in [1.29, 1.82) is 0 Å². The summed E-state index contributed by atoms with van der Waals surface area (Å²) in [6.45, 7) is 0. The molecule has 1 N–H and O–H groups in total. The van der Waals surface area contributed by atoms with Crippen LogP contribution in [-0.4, -0.2) is 10.9 Å². The lowest BCUT2D eigenvalue weighted by Crippen LogP contribution is -2.30. The summed E-state index contributed by atoms with van der Waals surface area (Å²) in [6.07, 6.45) is 7.95. The normalized spacial score (nSPS) is 10.8. The average molecular weight is 507 g/mol. The summed E-state index contributed by atoms with van der Waals surface area (Å²) in [5, 5.41) is 10.5. The molecule has 0 amide bonds. The smallest absolute Gasteiger partial charge is 0.253 e. The molecule has 0 radical (unpaired) electrons. The van der Waals surface area contributed by atoms with Gasteiger partial charge >= 0.3 is 0 Å². The molecule has 6 aromatic rings. The van der Waals surface area contributed by atoms with Gasteiger partial charge in [0.05, 0.1) is 0 Å². The van der Waals surface area contributed by atoms with Crippen LogP contribution in [0.5, 0.6) is 5.75 Å². The number of aromatic nitrogens is 2. The first-order chi connectivity index (χ1) is 19.2. The minimum absolute atomic E-state index is 0.0175. The van der Waals surface area contributed by atoms with Crippen molar-refractivity contribution in [2.24, 2.45) is 0 Å².